The van der Waals surface area contributed by atoms with Crippen molar-refractivity contribution in [3.8, 4) is 5.75 Å². The van der Waals surface area contributed by atoms with Crippen molar-refractivity contribution in [2.24, 2.45) is 0 Å². The Kier molecular flexibility index (Phi) is 8.88. The van der Waals surface area contributed by atoms with Crippen molar-refractivity contribution in [2.75, 3.05) is 19.0 Å². The molecule has 1 heterocycles. The molecule has 0 amide bonds. The number of benzene rings is 2. The van der Waals surface area contributed by atoms with E-state index in [1.54, 1.807) is 20.8 Å². The van der Waals surface area contributed by atoms with Crippen molar-refractivity contribution < 1.29 is 22.6 Å². The zero-order valence-electron chi connectivity index (χ0n) is 24.2. The molecular formula is C31H46O5S. The molecule has 5 nitrogen and oxygen atoms in total. The maximum atomic E-state index is 12.6. The largest absolute Gasteiger partial charge is 0.491 e. The molecule has 0 aliphatic carbocycles. The molecule has 0 bridgehead atoms. The molecule has 0 N–H and O–H groups in total. The van der Waals surface area contributed by atoms with E-state index >= 15 is 0 Å². The molecule has 3 rings (SSSR count). The Morgan fingerprint density at radius 3 is 2.05 bits per heavy atom. The van der Waals surface area contributed by atoms with Gasteiger partial charge in [0.1, 0.15) is 18.5 Å². The van der Waals surface area contributed by atoms with Gasteiger partial charge in [-0.15, -0.1) is 0 Å². The summed E-state index contributed by atoms with van der Waals surface area (Å²) in [5, 5.41) is 0. The van der Waals surface area contributed by atoms with Crippen molar-refractivity contribution in [3.05, 3.63) is 64.2 Å². The molecule has 37 heavy (non-hydrogen) atoms. The van der Waals surface area contributed by atoms with Crippen LogP contribution in [-0.4, -0.2) is 44.0 Å². The minimum absolute atomic E-state index is 0.0701. The van der Waals surface area contributed by atoms with Gasteiger partial charge in [-0.25, -0.2) is 8.42 Å². The van der Waals surface area contributed by atoms with Crippen LogP contribution < -0.4 is 4.74 Å². The third-order valence-electron chi connectivity index (χ3n) is 7.89. The normalized spacial score (nSPS) is 18.2. The zero-order valence-corrected chi connectivity index (χ0v) is 25.1. The van der Waals surface area contributed by atoms with Crippen LogP contribution in [0.2, 0.25) is 0 Å². The minimum atomic E-state index is -3.16. The van der Waals surface area contributed by atoms with Gasteiger partial charge in [-0.2, -0.15) is 0 Å². The molecule has 1 atom stereocenters. The van der Waals surface area contributed by atoms with Crippen molar-refractivity contribution in [3.63, 3.8) is 0 Å². The van der Waals surface area contributed by atoms with Gasteiger partial charge in [-0.1, -0.05) is 44.2 Å². The van der Waals surface area contributed by atoms with Crippen molar-refractivity contribution >= 4 is 9.84 Å². The van der Waals surface area contributed by atoms with Gasteiger partial charge in [-0.3, -0.25) is 0 Å². The predicted octanol–water partition coefficient (Wildman–Crippen LogP) is 6.70. The summed E-state index contributed by atoms with van der Waals surface area (Å²) < 4.78 is 42.2. The summed E-state index contributed by atoms with van der Waals surface area (Å²) in [6.07, 6.45) is 2.39. The number of rotatable bonds is 10. The molecule has 0 spiro atoms. The summed E-state index contributed by atoms with van der Waals surface area (Å²) in [5.41, 5.74) is 5.75. The Balaban J connectivity index is 1.81. The third kappa shape index (κ3) is 6.58. The van der Waals surface area contributed by atoms with E-state index in [0.717, 1.165) is 35.3 Å². The number of aryl methyl sites for hydroxylation is 3. The fourth-order valence-electron chi connectivity index (χ4n) is 5.19. The summed E-state index contributed by atoms with van der Waals surface area (Å²) in [4.78, 5) is 0. The molecule has 2 aromatic carbocycles. The zero-order chi connectivity index (χ0) is 27.6. The average Bonchev–Trinajstić information content (AvgIpc) is 3.17. The molecule has 0 radical (unpaired) electrons. The molecular weight excluding hydrogens is 484 g/mol. The molecule has 0 aromatic heterocycles. The predicted molar refractivity (Wildman–Crippen MR) is 151 cm³/mol. The van der Waals surface area contributed by atoms with E-state index in [0.29, 0.717) is 19.6 Å². The Labute approximate surface area is 224 Å². The van der Waals surface area contributed by atoms with Crippen LogP contribution in [0.4, 0.5) is 0 Å². The lowest BCUT2D eigenvalue weighted by Gasteiger charge is -2.34. The van der Waals surface area contributed by atoms with Gasteiger partial charge < -0.3 is 14.2 Å². The minimum Gasteiger partial charge on any atom is -0.491 e. The Morgan fingerprint density at radius 2 is 1.57 bits per heavy atom. The van der Waals surface area contributed by atoms with Crippen LogP contribution in [0.1, 0.15) is 89.1 Å². The molecule has 1 saturated heterocycles. The summed E-state index contributed by atoms with van der Waals surface area (Å²) >= 11 is 0. The standard InChI is InChI=1S/C31H46O5S/c1-10-31(11-2,25-13-12-24(22(3)18-25)16-17-37(32,33)29(5,6)7)26-14-15-28(23(4)19-26)34-20-27-21-35-30(8,9)36-27/h12-15,18-19,27H,10-11,16-17,20-21H2,1-9H3. The molecule has 1 fully saturated rings. The topological polar surface area (TPSA) is 61.8 Å². The van der Waals surface area contributed by atoms with Gasteiger partial charge in [-0.05, 0) is 102 Å². The van der Waals surface area contributed by atoms with Crippen LogP contribution in [-0.2, 0) is 31.1 Å². The van der Waals surface area contributed by atoms with E-state index in [9.17, 15) is 8.42 Å². The summed E-state index contributed by atoms with van der Waals surface area (Å²) in [6, 6.07) is 13.1. The highest BCUT2D eigenvalue weighted by atomic mass is 32.2. The van der Waals surface area contributed by atoms with Crippen LogP contribution in [0.5, 0.6) is 5.75 Å². The molecule has 0 saturated carbocycles. The first-order chi connectivity index (χ1) is 17.1. The lowest BCUT2D eigenvalue weighted by molar-refractivity contribution is -0.141. The Hall–Kier alpha value is -1.89. The smallest absolute Gasteiger partial charge is 0.163 e. The van der Waals surface area contributed by atoms with Crippen LogP contribution in [0.25, 0.3) is 0 Å². The lowest BCUT2D eigenvalue weighted by Crippen LogP contribution is -2.31. The summed E-state index contributed by atoms with van der Waals surface area (Å²) in [6.45, 7) is 18.8. The van der Waals surface area contributed by atoms with Gasteiger partial charge in [0.2, 0.25) is 0 Å². The third-order valence-corrected chi connectivity index (χ3v) is 10.5. The number of hydrogen-bond donors (Lipinski definition) is 0. The summed E-state index contributed by atoms with van der Waals surface area (Å²) in [5.74, 6) is 0.479. The molecule has 1 aliphatic rings. The molecule has 6 heteroatoms. The maximum Gasteiger partial charge on any atom is 0.163 e. The van der Waals surface area contributed by atoms with Crippen molar-refractivity contribution in [2.45, 2.75) is 104 Å². The van der Waals surface area contributed by atoms with E-state index in [-0.39, 0.29) is 17.3 Å². The fourth-order valence-corrected chi connectivity index (χ4v) is 6.30. The number of ether oxygens (including phenoxy) is 3. The second kappa shape index (κ2) is 11.1. The highest BCUT2D eigenvalue weighted by Gasteiger charge is 2.34. The van der Waals surface area contributed by atoms with Gasteiger partial charge >= 0.3 is 0 Å². The van der Waals surface area contributed by atoms with Gasteiger partial charge in [0.05, 0.1) is 17.1 Å². The van der Waals surface area contributed by atoms with E-state index in [2.05, 4.69) is 64.1 Å². The SMILES string of the molecule is CCC(CC)(c1ccc(CCS(=O)(=O)C(C)(C)C)c(C)c1)c1ccc(OCC2COC(C)(C)O2)c(C)c1. The Bertz CT molecular complexity index is 1190. The van der Waals surface area contributed by atoms with E-state index in [4.69, 9.17) is 14.2 Å². The lowest BCUT2D eigenvalue weighted by atomic mass is 9.70. The van der Waals surface area contributed by atoms with E-state index in [1.165, 1.54) is 11.1 Å². The molecule has 1 aliphatic heterocycles. The van der Waals surface area contributed by atoms with Gasteiger partial charge in [0.15, 0.2) is 15.6 Å². The first-order valence-electron chi connectivity index (χ1n) is 13.5. The van der Waals surface area contributed by atoms with Crippen LogP contribution >= 0.6 is 0 Å². The quantitative estimate of drug-likeness (QED) is 0.342. The molecule has 1 unspecified atom stereocenters. The van der Waals surface area contributed by atoms with Crippen molar-refractivity contribution in [1.29, 1.82) is 0 Å². The monoisotopic (exact) mass is 530 g/mol. The van der Waals surface area contributed by atoms with Gasteiger partial charge in [0.25, 0.3) is 0 Å². The second-order valence-corrected chi connectivity index (χ2v) is 14.7. The number of hydrogen-bond acceptors (Lipinski definition) is 5. The first-order valence-corrected chi connectivity index (χ1v) is 15.2. The van der Waals surface area contributed by atoms with E-state index in [1.807, 2.05) is 13.8 Å². The second-order valence-electron chi connectivity index (χ2n) is 11.9. The Morgan fingerprint density at radius 1 is 0.973 bits per heavy atom. The fraction of sp³-hybridized carbons (Fsp3) is 0.613. The van der Waals surface area contributed by atoms with E-state index < -0.39 is 20.4 Å². The van der Waals surface area contributed by atoms with Crippen LogP contribution in [0.3, 0.4) is 0 Å². The van der Waals surface area contributed by atoms with Crippen LogP contribution in [0.15, 0.2) is 36.4 Å². The maximum absolute atomic E-state index is 12.6. The highest BCUT2D eigenvalue weighted by molar-refractivity contribution is 7.92. The molecule has 206 valence electrons. The first kappa shape index (κ1) is 29.7. The van der Waals surface area contributed by atoms with Gasteiger partial charge in [0, 0.05) is 5.41 Å². The van der Waals surface area contributed by atoms with Crippen molar-refractivity contribution in [1.82, 2.24) is 0 Å². The average molecular weight is 531 g/mol. The molecule has 2 aromatic rings. The summed E-state index contributed by atoms with van der Waals surface area (Å²) in [7, 11) is -3.16. The number of sulfone groups is 1. The van der Waals surface area contributed by atoms with Crippen LogP contribution in [0, 0.1) is 13.8 Å². The highest BCUT2D eigenvalue weighted by Crippen LogP contribution is 2.41.